The molecule has 5 heteroatoms. The van der Waals surface area contributed by atoms with E-state index in [1.807, 2.05) is 33.8 Å². The summed E-state index contributed by atoms with van der Waals surface area (Å²) in [5, 5.41) is 3.51. The lowest BCUT2D eigenvalue weighted by atomic mass is 9.90. The molecule has 1 fully saturated rings. The Balaban J connectivity index is 0. The van der Waals surface area contributed by atoms with Gasteiger partial charge in [0.2, 0.25) is 0 Å². The van der Waals surface area contributed by atoms with Crippen molar-refractivity contribution in [3.63, 3.8) is 0 Å². The van der Waals surface area contributed by atoms with E-state index in [1.165, 1.54) is 48.7 Å². The Bertz CT molecular complexity index is 642. The number of nitrogens with one attached hydrogen (secondary N) is 1. The number of piperidine rings is 1. The molecule has 1 aliphatic heterocycles. The summed E-state index contributed by atoms with van der Waals surface area (Å²) in [6.45, 7) is 18.4. The van der Waals surface area contributed by atoms with Crippen molar-refractivity contribution in [2.24, 2.45) is 5.73 Å². The minimum atomic E-state index is -1.21. The normalized spacial score (nSPS) is 19.2. The monoisotopic (exact) mass is 576 g/mol. The molecule has 0 aromatic heterocycles. The highest BCUT2D eigenvalue weighted by Gasteiger charge is 2.11. The fraction of sp³-hybridized carbons (Fsp3) is 0.536. The molecule has 190 valence electrons. The maximum Gasteiger partial charge on any atom is 0.124 e. The van der Waals surface area contributed by atoms with Crippen LogP contribution < -0.4 is 11.1 Å². The molecule has 3 N–H and O–H groups in total. The van der Waals surface area contributed by atoms with Gasteiger partial charge in [0.05, 0.1) is 6.33 Å². The second kappa shape index (κ2) is 25.4. The summed E-state index contributed by atoms with van der Waals surface area (Å²) in [6, 6.07) is 0. The van der Waals surface area contributed by atoms with Crippen molar-refractivity contribution < 1.29 is 8.78 Å². The quantitative estimate of drug-likeness (QED) is 0.126. The number of hydrogen-bond donors (Lipinski definition) is 2. The van der Waals surface area contributed by atoms with Crippen LogP contribution in [0.3, 0.4) is 0 Å². The van der Waals surface area contributed by atoms with Crippen molar-refractivity contribution in [3.05, 3.63) is 72.7 Å². The highest BCUT2D eigenvalue weighted by atomic mass is 127. The van der Waals surface area contributed by atoms with Gasteiger partial charge in [-0.2, -0.15) is 0 Å². The van der Waals surface area contributed by atoms with Crippen LogP contribution in [0, 0.1) is 0 Å². The van der Waals surface area contributed by atoms with E-state index in [1.54, 1.807) is 0 Å². The van der Waals surface area contributed by atoms with Crippen LogP contribution in [0.5, 0.6) is 0 Å². The number of halogens is 3. The highest BCUT2D eigenvalue weighted by Crippen LogP contribution is 2.27. The smallest absolute Gasteiger partial charge is 0.124 e. The second-order valence-corrected chi connectivity index (χ2v) is 10.1. The zero-order chi connectivity index (χ0) is 25.3. The summed E-state index contributed by atoms with van der Waals surface area (Å²) in [5.41, 5.74) is 9.89. The van der Waals surface area contributed by atoms with Gasteiger partial charge < -0.3 is 11.1 Å². The molecule has 2 nitrogen and oxygen atoms in total. The molecule has 1 heterocycles. The third kappa shape index (κ3) is 17.0. The van der Waals surface area contributed by atoms with Gasteiger partial charge >= 0.3 is 0 Å². The minimum Gasteiger partial charge on any atom is -0.330 e. The van der Waals surface area contributed by atoms with Gasteiger partial charge in [-0.25, -0.2) is 8.78 Å². The van der Waals surface area contributed by atoms with Crippen molar-refractivity contribution in [1.29, 1.82) is 0 Å². The summed E-state index contributed by atoms with van der Waals surface area (Å²) >= 11 is 0.136. The van der Waals surface area contributed by atoms with Crippen molar-refractivity contribution in [2.45, 2.75) is 76.3 Å². The van der Waals surface area contributed by atoms with Gasteiger partial charge in [0.25, 0.3) is 0 Å². The first-order valence-corrected chi connectivity index (χ1v) is 14.7. The van der Waals surface area contributed by atoms with Gasteiger partial charge in [-0.05, 0) is 78.9 Å². The van der Waals surface area contributed by atoms with E-state index in [4.69, 9.17) is 5.73 Å². The number of alkyl halides is 2. The highest BCUT2D eigenvalue weighted by molar-refractivity contribution is 14.2. The van der Waals surface area contributed by atoms with Crippen molar-refractivity contribution in [3.8, 4) is 0 Å². The average Bonchev–Trinajstić information content (AvgIpc) is 2.87. The van der Waals surface area contributed by atoms with Crippen LogP contribution in [-0.4, -0.2) is 33.7 Å². The SMILES string of the molecule is C=C/C(=C\C=I[C@@H]1CCCNC1)C1=C(CCN)CCC=C1.C=CCC(F)/C=C/F.CC.CC. The molecule has 2 atom stereocenters. The molecule has 0 saturated carbocycles. The third-order valence-electron chi connectivity index (χ3n) is 4.66. The van der Waals surface area contributed by atoms with Gasteiger partial charge in [0.15, 0.2) is 0 Å². The van der Waals surface area contributed by atoms with Gasteiger partial charge in [-0.15, -0.1) is 27.3 Å². The summed E-state index contributed by atoms with van der Waals surface area (Å²) in [5.74, 6) is 0. The molecule has 0 amide bonds. The summed E-state index contributed by atoms with van der Waals surface area (Å²) in [6.07, 6.45) is 16.3. The van der Waals surface area contributed by atoms with Gasteiger partial charge in [-0.3, -0.25) is 0 Å². The Morgan fingerprint density at radius 2 is 2.03 bits per heavy atom. The van der Waals surface area contributed by atoms with E-state index >= 15 is 0 Å². The van der Waals surface area contributed by atoms with Crippen molar-refractivity contribution in [2.75, 3.05) is 19.6 Å². The molecule has 1 unspecified atom stereocenters. The van der Waals surface area contributed by atoms with E-state index in [0.717, 1.165) is 35.8 Å². The number of rotatable bonds is 9. The van der Waals surface area contributed by atoms with Gasteiger partial charge in [0, 0.05) is 10.5 Å². The number of nitrogens with two attached hydrogens (primary N) is 1. The zero-order valence-corrected chi connectivity index (χ0v) is 23.4. The van der Waals surface area contributed by atoms with Crippen LogP contribution in [-0.2, 0) is 0 Å². The van der Waals surface area contributed by atoms with E-state index in [-0.39, 0.29) is 33.5 Å². The Morgan fingerprint density at radius 3 is 2.58 bits per heavy atom. The van der Waals surface area contributed by atoms with E-state index in [9.17, 15) is 8.78 Å². The molecule has 2 aliphatic rings. The minimum absolute atomic E-state index is 0.136. The lowest BCUT2D eigenvalue weighted by molar-refractivity contribution is 0.400. The summed E-state index contributed by atoms with van der Waals surface area (Å²) in [7, 11) is 0. The van der Waals surface area contributed by atoms with Gasteiger partial charge in [0.1, 0.15) is 6.17 Å². The molecule has 1 aliphatic carbocycles. The van der Waals surface area contributed by atoms with Crippen molar-refractivity contribution in [1.82, 2.24) is 5.32 Å². The predicted octanol–water partition coefficient (Wildman–Crippen LogP) is 8.06. The fourth-order valence-corrected chi connectivity index (χ4v) is 5.70. The Hall–Kier alpha value is -1.18. The molecule has 0 aromatic carbocycles. The standard InChI is InChI=1S/C18H27IN2.C6H8F2.2C2H6/c1-2-15(9-11-19-17-7-5-13-21-14-17)18-8-4-3-6-16(18)10-12-20;1-2-3-6(8)4-5-7;2*1-2/h2,4,8-9,11,17,21H,1,3,5-7,10,12-14,20H2;2,4-6H,1,3H2;2*1-2H3/b15-9+;5-4+;;/t17-;;;/m1.../s1. The Labute approximate surface area is 212 Å². The first-order valence-electron chi connectivity index (χ1n) is 12.3. The molecule has 0 radical (unpaired) electrons. The van der Waals surface area contributed by atoms with Crippen LogP contribution in [0.4, 0.5) is 8.78 Å². The molecule has 0 spiro atoms. The zero-order valence-electron chi connectivity index (χ0n) is 21.3. The van der Waals surface area contributed by atoms with Crippen LogP contribution in [0.1, 0.15) is 66.2 Å². The van der Waals surface area contributed by atoms with Crippen molar-refractivity contribution >= 4 is 24.7 Å². The predicted molar refractivity (Wildman–Crippen MR) is 156 cm³/mol. The fourth-order valence-electron chi connectivity index (χ4n) is 3.15. The van der Waals surface area contributed by atoms with Crippen LogP contribution in [0.25, 0.3) is 0 Å². The lowest BCUT2D eigenvalue weighted by Crippen LogP contribution is -2.30. The third-order valence-corrected chi connectivity index (χ3v) is 7.51. The topological polar surface area (TPSA) is 38.0 Å². The lowest BCUT2D eigenvalue weighted by Gasteiger charge is -2.18. The number of hydrogen-bond acceptors (Lipinski definition) is 2. The summed E-state index contributed by atoms with van der Waals surface area (Å²) < 4.78 is 26.5. The Kier molecular flexibility index (Phi) is 26.2. The second-order valence-electron chi connectivity index (χ2n) is 6.88. The summed E-state index contributed by atoms with van der Waals surface area (Å²) in [4.78, 5) is 0. The molecule has 1 saturated heterocycles. The largest absolute Gasteiger partial charge is 0.330 e. The molecule has 33 heavy (non-hydrogen) atoms. The molecule has 2 rings (SSSR count). The molecule has 0 aromatic rings. The maximum absolute atomic E-state index is 12.0. The van der Waals surface area contributed by atoms with E-state index < -0.39 is 6.17 Å². The van der Waals surface area contributed by atoms with E-state index in [0.29, 0.717) is 0 Å². The Morgan fingerprint density at radius 1 is 1.30 bits per heavy atom. The first-order chi connectivity index (χ1) is 16.2. The number of allylic oxidation sites excluding steroid dienone is 8. The van der Waals surface area contributed by atoms with E-state index in [2.05, 4.69) is 40.7 Å². The molecule has 0 bridgehead atoms. The van der Waals surface area contributed by atoms with Crippen LogP contribution in [0.15, 0.2) is 72.7 Å². The maximum atomic E-state index is 12.0. The molecular formula is C28H47F2IN2. The van der Waals surface area contributed by atoms with Crippen LogP contribution in [0.2, 0.25) is 0 Å². The first kappa shape index (κ1) is 34.0. The van der Waals surface area contributed by atoms with Gasteiger partial charge in [-0.1, -0.05) is 64.2 Å². The molecular weight excluding hydrogens is 529 g/mol. The average molecular weight is 577 g/mol. The van der Waals surface area contributed by atoms with Crippen LogP contribution >= 0.6 is 20.7 Å².